The predicted molar refractivity (Wildman–Crippen MR) is 70.0 cm³/mol. The fourth-order valence-corrected chi connectivity index (χ4v) is 1.85. The molecule has 1 aromatic heterocycles. The molecule has 94 valence electrons. The van der Waals surface area contributed by atoms with Gasteiger partial charge < -0.3 is 16.4 Å². The van der Waals surface area contributed by atoms with Crippen LogP contribution in [-0.4, -0.2) is 28.6 Å². The summed E-state index contributed by atoms with van der Waals surface area (Å²) in [5.41, 5.74) is 5.52. The van der Waals surface area contributed by atoms with Crippen molar-refractivity contribution in [3.05, 3.63) is 12.4 Å². The summed E-state index contributed by atoms with van der Waals surface area (Å²) in [6.07, 6.45) is 6.35. The maximum absolute atomic E-state index is 5.52. The van der Waals surface area contributed by atoms with Crippen molar-refractivity contribution in [1.82, 2.24) is 9.97 Å². The summed E-state index contributed by atoms with van der Waals surface area (Å²) in [6, 6.07) is 2.90. The van der Waals surface area contributed by atoms with E-state index in [-0.39, 0.29) is 0 Å². The summed E-state index contributed by atoms with van der Waals surface area (Å²) in [6.45, 7) is 2.79. The molecule has 1 unspecified atom stereocenters. The molecule has 5 heteroatoms. The highest BCUT2D eigenvalue weighted by Gasteiger charge is 2.17. The van der Waals surface area contributed by atoms with Gasteiger partial charge in [-0.1, -0.05) is 0 Å². The molecule has 0 amide bonds. The first-order valence-corrected chi connectivity index (χ1v) is 6.33. The molecule has 1 aromatic rings. The van der Waals surface area contributed by atoms with Crippen LogP contribution in [0.15, 0.2) is 12.4 Å². The summed E-state index contributed by atoms with van der Waals surface area (Å²) in [7, 11) is 0. The summed E-state index contributed by atoms with van der Waals surface area (Å²) >= 11 is 0. The van der Waals surface area contributed by atoms with Gasteiger partial charge in [-0.2, -0.15) is 0 Å². The minimum Gasteiger partial charge on any atom is -0.367 e. The van der Waals surface area contributed by atoms with Crippen molar-refractivity contribution in [2.24, 2.45) is 5.73 Å². The number of aromatic nitrogens is 2. The van der Waals surface area contributed by atoms with E-state index in [1.807, 2.05) is 6.07 Å². The third-order valence-corrected chi connectivity index (χ3v) is 3.12. The molecule has 4 N–H and O–H groups in total. The van der Waals surface area contributed by atoms with Gasteiger partial charge in [-0.3, -0.25) is 0 Å². The molecular weight excluding hydrogens is 214 g/mol. The van der Waals surface area contributed by atoms with Gasteiger partial charge in [0.25, 0.3) is 0 Å². The van der Waals surface area contributed by atoms with E-state index in [0.717, 1.165) is 18.1 Å². The molecular formula is C12H21N5. The lowest BCUT2D eigenvalue weighted by atomic mass is 9.93. The molecule has 1 saturated carbocycles. The number of hydrogen-bond acceptors (Lipinski definition) is 5. The molecule has 1 heterocycles. The SMILES string of the molecule is CC(CCN)Nc1cc(NC2CCC2)ncn1. The lowest BCUT2D eigenvalue weighted by Crippen LogP contribution is -2.27. The molecule has 1 fully saturated rings. The minimum absolute atomic E-state index is 0.339. The Kier molecular flexibility index (Phi) is 4.14. The van der Waals surface area contributed by atoms with Gasteiger partial charge in [0.15, 0.2) is 0 Å². The minimum atomic E-state index is 0.339. The van der Waals surface area contributed by atoms with E-state index in [0.29, 0.717) is 18.6 Å². The molecule has 0 radical (unpaired) electrons. The van der Waals surface area contributed by atoms with Crippen molar-refractivity contribution < 1.29 is 0 Å². The van der Waals surface area contributed by atoms with Gasteiger partial charge in [-0.05, 0) is 39.2 Å². The highest BCUT2D eigenvalue weighted by atomic mass is 15.1. The summed E-state index contributed by atoms with van der Waals surface area (Å²) in [4.78, 5) is 8.44. The van der Waals surface area contributed by atoms with E-state index in [4.69, 9.17) is 5.73 Å². The second-order valence-electron chi connectivity index (χ2n) is 4.68. The van der Waals surface area contributed by atoms with E-state index in [1.165, 1.54) is 19.3 Å². The first-order chi connectivity index (χ1) is 8.28. The normalized spacial score (nSPS) is 17.3. The van der Waals surface area contributed by atoms with Crippen molar-refractivity contribution in [3.63, 3.8) is 0 Å². The smallest absolute Gasteiger partial charge is 0.131 e. The second-order valence-corrected chi connectivity index (χ2v) is 4.68. The number of nitrogens with one attached hydrogen (secondary N) is 2. The van der Waals surface area contributed by atoms with Gasteiger partial charge in [0.1, 0.15) is 18.0 Å². The largest absolute Gasteiger partial charge is 0.367 e. The highest BCUT2D eigenvalue weighted by Crippen LogP contribution is 2.22. The van der Waals surface area contributed by atoms with Gasteiger partial charge in [0.05, 0.1) is 0 Å². The highest BCUT2D eigenvalue weighted by molar-refractivity contribution is 5.47. The van der Waals surface area contributed by atoms with Crippen LogP contribution in [0, 0.1) is 0 Å². The Bertz CT molecular complexity index is 351. The van der Waals surface area contributed by atoms with Crippen LogP contribution in [0.4, 0.5) is 11.6 Å². The van der Waals surface area contributed by atoms with E-state index < -0.39 is 0 Å². The van der Waals surface area contributed by atoms with Gasteiger partial charge >= 0.3 is 0 Å². The standard InChI is InChI=1S/C12H21N5/c1-9(5-6-13)16-11-7-12(15-8-14-11)17-10-3-2-4-10/h7-10H,2-6,13H2,1H3,(H2,14,15,16,17). The molecule has 17 heavy (non-hydrogen) atoms. The lowest BCUT2D eigenvalue weighted by molar-refractivity contribution is 0.444. The zero-order chi connectivity index (χ0) is 12.1. The Balaban J connectivity index is 1.90. The monoisotopic (exact) mass is 235 g/mol. The number of nitrogens with zero attached hydrogens (tertiary/aromatic N) is 2. The number of hydrogen-bond donors (Lipinski definition) is 3. The summed E-state index contributed by atoms with van der Waals surface area (Å²) < 4.78 is 0. The van der Waals surface area contributed by atoms with Gasteiger partial charge in [0.2, 0.25) is 0 Å². The quantitative estimate of drug-likeness (QED) is 0.698. The van der Waals surface area contributed by atoms with Gasteiger partial charge in [-0.25, -0.2) is 9.97 Å². The molecule has 0 aromatic carbocycles. The number of rotatable bonds is 6. The van der Waals surface area contributed by atoms with E-state index in [9.17, 15) is 0 Å². The van der Waals surface area contributed by atoms with Crippen LogP contribution >= 0.6 is 0 Å². The van der Waals surface area contributed by atoms with Crippen LogP contribution in [0.5, 0.6) is 0 Å². The van der Waals surface area contributed by atoms with E-state index in [2.05, 4.69) is 27.5 Å². The van der Waals surface area contributed by atoms with Crippen LogP contribution in [0.2, 0.25) is 0 Å². The fourth-order valence-electron chi connectivity index (χ4n) is 1.85. The number of anilines is 2. The summed E-state index contributed by atoms with van der Waals surface area (Å²) in [5, 5.41) is 6.73. The molecule has 2 rings (SSSR count). The van der Waals surface area contributed by atoms with Crippen molar-refractivity contribution in [2.75, 3.05) is 17.2 Å². The molecule has 5 nitrogen and oxygen atoms in total. The number of nitrogens with two attached hydrogens (primary N) is 1. The van der Waals surface area contributed by atoms with Crippen LogP contribution in [0.3, 0.4) is 0 Å². The molecule has 0 aliphatic heterocycles. The van der Waals surface area contributed by atoms with Crippen molar-refractivity contribution in [3.8, 4) is 0 Å². The third kappa shape index (κ3) is 3.56. The Morgan fingerprint density at radius 1 is 1.41 bits per heavy atom. The van der Waals surface area contributed by atoms with E-state index in [1.54, 1.807) is 6.33 Å². The molecule has 1 atom stereocenters. The predicted octanol–water partition coefficient (Wildman–Crippen LogP) is 1.59. The first-order valence-electron chi connectivity index (χ1n) is 6.33. The zero-order valence-electron chi connectivity index (χ0n) is 10.3. The van der Waals surface area contributed by atoms with Crippen LogP contribution in [0.1, 0.15) is 32.6 Å². The van der Waals surface area contributed by atoms with Crippen molar-refractivity contribution >= 4 is 11.6 Å². The maximum atomic E-state index is 5.52. The summed E-state index contributed by atoms with van der Waals surface area (Å²) in [5.74, 6) is 1.77. The Hall–Kier alpha value is -1.36. The van der Waals surface area contributed by atoms with E-state index >= 15 is 0 Å². The van der Waals surface area contributed by atoms with Crippen LogP contribution < -0.4 is 16.4 Å². The average molecular weight is 235 g/mol. The topological polar surface area (TPSA) is 75.9 Å². The molecule has 0 saturated heterocycles. The zero-order valence-corrected chi connectivity index (χ0v) is 10.3. The van der Waals surface area contributed by atoms with Crippen molar-refractivity contribution in [2.45, 2.75) is 44.7 Å². The Labute approximate surface area is 102 Å². The van der Waals surface area contributed by atoms with Gasteiger partial charge in [0, 0.05) is 18.2 Å². The Morgan fingerprint density at radius 2 is 2.18 bits per heavy atom. The fraction of sp³-hybridized carbons (Fsp3) is 0.667. The average Bonchev–Trinajstić information content (AvgIpc) is 2.24. The van der Waals surface area contributed by atoms with Crippen molar-refractivity contribution in [1.29, 1.82) is 0 Å². The Morgan fingerprint density at radius 3 is 2.82 bits per heavy atom. The molecule has 1 aliphatic carbocycles. The van der Waals surface area contributed by atoms with Gasteiger partial charge in [-0.15, -0.1) is 0 Å². The first kappa shape index (κ1) is 12.1. The second kappa shape index (κ2) is 5.82. The van der Waals surface area contributed by atoms with Crippen LogP contribution in [0.25, 0.3) is 0 Å². The molecule has 0 bridgehead atoms. The maximum Gasteiger partial charge on any atom is 0.131 e. The lowest BCUT2D eigenvalue weighted by Gasteiger charge is -2.27. The van der Waals surface area contributed by atoms with Crippen LogP contribution in [-0.2, 0) is 0 Å². The molecule has 0 spiro atoms. The molecule has 1 aliphatic rings. The third-order valence-electron chi connectivity index (χ3n) is 3.12.